The Kier molecular flexibility index (Phi) is 2.77. The molecule has 4 atom stereocenters. The largest absolute Gasteiger partial charge is 0.394 e. The molecule has 8 nitrogen and oxygen atoms in total. The predicted molar refractivity (Wildman–Crippen MR) is 58.9 cm³/mol. The number of aliphatic imine (C=N–C) groups is 2. The van der Waals surface area contributed by atoms with Crippen LogP contribution in [-0.4, -0.2) is 63.6 Å². The molecular formula is C9H14N4O4. The van der Waals surface area contributed by atoms with Gasteiger partial charge in [-0.15, -0.1) is 0 Å². The summed E-state index contributed by atoms with van der Waals surface area (Å²) in [7, 11) is 0. The van der Waals surface area contributed by atoms with Crippen molar-refractivity contribution in [2.45, 2.75) is 24.5 Å². The van der Waals surface area contributed by atoms with Crippen molar-refractivity contribution in [2.24, 2.45) is 15.7 Å². The zero-order valence-corrected chi connectivity index (χ0v) is 8.89. The van der Waals surface area contributed by atoms with Crippen LogP contribution < -0.4 is 5.73 Å². The Morgan fingerprint density at radius 2 is 2.29 bits per heavy atom. The minimum absolute atomic E-state index is 0.0716. The van der Waals surface area contributed by atoms with Crippen LogP contribution in [0.25, 0.3) is 0 Å². The molecule has 0 spiro atoms. The lowest BCUT2D eigenvalue weighted by molar-refractivity contribution is -0.0607. The maximum Gasteiger partial charge on any atom is 0.223 e. The third-order valence-corrected chi connectivity index (χ3v) is 2.57. The van der Waals surface area contributed by atoms with Crippen LogP contribution in [0, 0.1) is 0 Å². The van der Waals surface area contributed by atoms with Crippen molar-refractivity contribution >= 4 is 12.3 Å². The van der Waals surface area contributed by atoms with Gasteiger partial charge in [-0.3, -0.25) is 4.90 Å². The van der Waals surface area contributed by atoms with Crippen molar-refractivity contribution in [3.05, 3.63) is 12.4 Å². The second-order valence-corrected chi connectivity index (χ2v) is 3.70. The van der Waals surface area contributed by atoms with Crippen LogP contribution >= 0.6 is 0 Å². The maximum atomic E-state index is 9.83. The summed E-state index contributed by atoms with van der Waals surface area (Å²) < 4.78 is 12.9. The summed E-state index contributed by atoms with van der Waals surface area (Å²) in [5.41, 5.74) is 5.35. The highest BCUT2D eigenvalue weighted by Gasteiger charge is 2.45. The van der Waals surface area contributed by atoms with Gasteiger partial charge in [0.2, 0.25) is 5.96 Å². The summed E-state index contributed by atoms with van der Waals surface area (Å²) in [4.78, 5) is 8.46. The first kappa shape index (κ1) is 10.7. The fraction of sp³-hybridized carbons (Fsp3) is 0.556. The number of guanidine groups is 1. The monoisotopic (exact) mass is 243 g/mol. The number of ether oxygens (including phenoxy) is 1. The normalized spacial score (nSPS) is 38.9. The Bertz CT molecular complexity index is 427. The lowest BCUT2D eigenvalue weighted by atomic mass is 10.1. The van der Waals surface area contributed by atoms with Crippen LogP contribution in [0.5, 0.6) is 0 Å². The van der Waals surface area contributed by atoms with Gasteiger partial charge in [0.25, 0.3) is 0 Å². The molecule has 0 aliphatic carbocycles. The Morgan fingerprint density at radius 1 is 1.59 bits per heavy atom. The van der Waals surface area contributed by atoms with E-state index in [-0.39, 0.29) is 18.1 Å². The topological polar surface area (TPSA) is 124 Å². The van der Waals surface area contributed by atoms with Crippen LogP contribution in [-0.2, 0) is 4.74 Å². The van der Waals surface area contributed by atoms with Crippen LogP contribution in [0.1, 0.15) is 1.37 Å². The van der Waals surface area contributed by atoms with Gasteiger partial charge in [-0.2, -0.15) is 4.99 Å². The minimum atomic E-state index is -1.32. The average Bonchev–Trinajstić information content (AvgIpc) is 2.56. The van der Waals surface area contributed by atoms with Gasteiger partial charge in [-0.1, -0.05) is 6.58 Å². The lowest BCUT2D eigenvalue weighted by Gasteiger charge is -2.29. The summed E-state index contributed by atoms with van der Waals surface area (Å²) >= 11 is 0. The highest BCUT2D eigenvalue weighted by atomic mass is 16.6. The molecule has 1 fully saturated rings. The van der Waals surface area contributed by atoms with E-state index in [9.17, 15) is 10.2 Å². The number of aliphatic hydroxyl groups excluding tert-OH is 3. The third-order valence-electron chi connectivity index (χ3n) is 2.57. The van der Waals surface area contributed by atoms with Crippen LogP contribution in [0.15, 0.2) is 22.4 Å². The standard InChI is InChI=1S/C9H14N4O4/c1-4-12-9(10)11-3-13(4)8-7(16)6(15)5(2-14)17-8/h3,5-8,14-16H,1-2H2,(H2,10,12)/t5-,6?,7+,8-/m1/s1/i3D. The molecule has 2 aliphatic heterocycles. The molecule has 0 aromatic heterocycles. The van der Waals surface area contributed by atoms with Crippen molar-refractivity contribution in [3.8, 4) is 0 Å². The van der Waals surface area contributed by atoms with E-state index in [0.29, 0.717) is 0 Å². The number of rotatable bonds is 2. The first-order chi connectivity index (χ1) is 8.45. The van der Waals surface area contributed by atoms with Crippen molar-refractivity contribution in [1.82, 2.24) is 4.90 Å². The van der Waals surface area contributed by atoms with Crippen LogP contribution in [0.2, 0.25) is 0 Å². The summed E-state index contributed by atoms with van der Waals surface area (Å²) in [5.74, 6) is -0.0460. The number of hydrogen-bond acceptors (Lipinski definition) is 8. The molecule has 8 heteroatoms. The van der Waals surface area contributed by atoms with Gasteiger partial charge in [-0.05, 0) is 0 Å². The molecule has 0 aromatic carbocycles. The van der Waals surface area contributed by atoms with E-state index >= 15 is 0 Å². The van der Waals surface area contributed by atoms with E-state index in [1.54, 1.807) is 0 Å². The molecule has 0 saturated carbocycles. The number of nitrogens with two attached hydrogens (primary N) is 1. The molecule has 1 saturated heterocycles. The Morgan fingerprint density at radius 3 is 2.82 bits per heavy atom. The molecule has 17 heavy (non-hydrogen) atoms. The maximum absolute atomic E-state index is 9.83. The highest BCUT2D eigenvalue weighted by molar-refractivity contribution is 5.89. The lowest BCUT2D eigenvalue weighted by Crippen LogP contribution is -2.44. The van der Waals surface area contributed by atoms with E-state index in [1.165, 1.54) is 0 Å². The van der Waals surface area contributed by atoms with Gasteiger partial charge in [-0.25, -0.2) is 4.99 Å². The molecule has 1 unspecified atom stereocenters. The quantitative estimate of drug-likeness (QED) is 0.427. The summed E-state index contributed by atoms with van der Waals surface area (Å²) in [6, 6.07) is 0. The van der Waals surface area contributed by atoms with Crippen molar-refractivity contribution in [2.75, 3.05) is 6.61 Å². The van der Waals surface area contributed by atoms with E-state index in [0.717, 1.165) is 4.90 Å². The van der Waals surface area contributed by atoms with Gasteiger partial charge >= 0.3 is 0 Å². The summed E-state index contributed by atoms with van der Waals surface area (Å²) in [6.45, 7) is 3.12. The van der Waals surface area contributed by atoms with Gasteiger partial charge < -0.3 is 25.8 Å². The zero-order valence-electron chi connectivity index (χ0n) is 9.89. The molecule has 0 aromatic rings. The summed E-state index contributed by atoms with van der Waals surface area (Å²) in [6.07, 6.45) is -4.90. The van der Waals surface area contributed by atoms with Gasteiger partial charge in [0.15, 0.2) is 6.23 Å². The molecule has 5 N–H and O–H groups in total. The van der Waals surface area contributed by atoms with Crippen LogP contribution in [0.4, 0.5) is 0 Å². The third kappa shape index (κ3) is 2.03. The van der Waals surface area contributed by atoms with E-state index in [1.807, 2.05) is 0 Å². The molecule has 0 bridgehead atoms. The zero-order chi connectivity index (χ0) is 13.4. The smallest absolute Gasteiger partial charge is 0.223 e. The first-order valence-corrected chi connectivity index (χ1v) is 4.95. The number of aliphatic hydroxyl groups is 3. The molecule has 0 radical (unpaired) electrons. The fourth-order valence-electron chi connectivity index (χ4n) is 1.67. The first-order valence-electron chi connectivity index (χ1n) is 5.45. The number of amidine groups is 1. The van der Waals surface area contributed by atoms with Crippen molar-refractivity contribution in [3.63, 3.8) is 0 Å². The molecule has 2 rings (SSSR count). The van der Waals surface area contributed by atoms with Gasteiger partial charge in [0.1, 0.15) is 31.8 Å². The van der Waals surface area contributed by atoms with E-state index in [4.69, 9.17) is 16.9 Å². The molecule has 2 aliphatic rings. The van der Waals surface area contributed by atoms with Gasteiger partial charge in [0, 0.05) is 0 Å². The second-order valence-electron chi connectivity index (χ2n) is 3.70. The van der Waals surface area contributed by atoms with Crippen LogP contribution in [0.3, 0.4) is 0 Å². The van der Waals surface area contributed by atoms with Crippen molar-refractivity contribution < 1.29 is 21.4 Å². The summed E-state index contributed by atoms with van der Waals surface area (Å²) in [5, 5.41) is 28.4. The second kappa shape index (κ2) is 4.41. The average molecular weight is 243 g/mol. The molecule has 2 heterocycles. The van der Waals surface area contributed by atoms with E-state index in [2.05, 4.69) is 16.6 Å². The minimum Gasteiger partial charge on any atom is -0.394 e. The molecule has 0 amide bonds. The molecular weight excluding hydrogens is 228 g/mol. The number of nitrogens with zero attached hydrogens (tertiary/aromatic N) is 3. The van der Waals surface area contributed by atoms with E-state index < -0.39 is 31.1 Å². The van der Waals surface area contributed by atoms with Crippen molar-refractivity contribution in [1.29, 1.82) is 0 Å². The Balaban J connectivity index is 2.23. The SMILES string of the molecule is [2H]C1=NC(N)=NC(=C)N1[C@@H]1O[C@H](CO)C(O)[C@@H]1O. The number of hydrogen-bond donors (Lipinski definition) is 4. The molecule has 94 valence electrons. The fourth-order valence-corrected chi connectivity index (χ4v) is 1.67. The Hall–Kier alpha value is -1.48. The highest BCUT2D eigenvalue weighted by Crippen LogP contribution is 2.26. The Labute approximate surface area is 98.7 Å². The van der Waals surface area contributed by atoms with Gasteiger partial charge in [0.05, 0.1) is 6.61 Å². The predicted octanol–water partition coefficient (Wildman–Crippen LogP) is -2.44.